The van der Waals surface area contributed by atoms with Gasteiger partial charge in [0.25, 0.3) is 0 Å². The van der Waals surface area contributed by atoms with Gasteiger partial charge in [-0.25, -0.2) is 0 Å². The van der Waals surface area contributed by atoms with Crippen molar-refractivity contribution in [2.24, 2.45) is 11.8 Å². The molecule has 0 saturated carbocycles. The Bertz CT molecular complexity index is 621. The monoisotopic (exact) mass is 330 g/mol. The lowest BCUT2D eigenvalue weighted by Gasteiger charge is -2.43. The molecule has 4 atom stereocenters. The standard InChI is InChI=1S/C21H30O3/c1-13(2)6-5-7-14(3)15-10-11-21(4)17(15)12-16-18(22)8-9-19(23)20(16)24-21/h6,10,14,17,19,23H,5,7-9,11-12H2,1-4H3/t14-,17-,19+,21+/m0/s1. The Morgan fingerprint density at radius 2 is 2.25 bits per heavy atom. The van der Waals surface area contributed by atoms with Crippen molar-refractivity contribution in [3.05, 3.63) is 34.6 Å². The molecule has 0 aromatic rings. The van der Waals surface area contributed by atoms with Crippen LogP contribution < -0.4 is 0 Å². The van der Waals surface area contributed by atoms with E-state index in [4.69, 9.17) is 4.74 Å². The van der Waals surface area contributed by atoms with E-state index >= 15 is 0 Å². The minimum atomic E-state index is -0.602. The van der Waals surface area contributed by atoms with Gasteiger partial charge in [0.2, 0.25) is 0 Å². The number of hydrogen-bond acceptors (Lipinski definition) is 3. The lowest BCUT2D eigenvalue weighted by atomic mass is 9.74. The number of hydrogen-bond donors (Lipinski definition) is 1. The van der Waals surface area contributed by atoms with Gasteiger partial charge in [-0.1, -0.05) is 30.2 Å². The molecule has 1 N–H and O–H groups in total. The van der Waals surface area contributed by atoms with E-state index in [1.165, 1.54) is 11.1 Å². The van der Waals surface area contributed by atoms with E-state index < -0.39 is 6.10 Å². The molecule has 2 aliphatic carbocycles. The normalized spacial score (nSPS) is 33.4. The van der Waals surface area contributed by atoms with E-state index in [2.05, 4.69) is 39.8 Å². The van der Waals surface area contributed by atoms with Gasteiger partial charge >= 0.3 is 0 Å². The van der Waals surface area contributed by atoms with Gasteiger partial charge in [-0.3, -0.25) is 4.79 Å². The summed E-state index contributed by atoms with van der Waals surface area (Å²) in [6.45, 7) is 8.70. The van der Waals surface area contributed by atoms with Crippen molar-refractivity contribution in [3.63, 3.8) is 0 Å². The van der Waals surface area contributed by atoms with Crippen LogP contribution in [0.3, 0.4) is 0 Å². The second-order valence-electron chi connectivity index (χ2n) is 8.16. The summed E-state index contributed by atoms with van der Waals surface area (Å²) < 4.78 is 6.25. The maximum absolute atomic E-state index is 12.3. The lowest BCUT2D eigenvalue weighted by molar-refractivity contribution is -0.121. The van der Waals surface area contributed by atoms with E-state index in [1.54, 1.807) is 0 Å². The number of carbonyl (C=O) groups excluding carboxylic acids is 1. The van der Waals surface area contributed by atoms with Crippen LogP contribution in [0.15, 0.2) is 34.6 Å². The molecule has 3 rings (SSSR count). The lowest BCUT2D eigenvalue weighted by Crippen LogP contribution is -2.44. The maximum Gasteiger partial charge on any atom is 0.162 e. The van der Waals surface area contributed by atoms with Crippen LogP contribution in [0.4, 0.5) is 0 Å². The number of ketones is 1. The van der Waals surface area contributed by atoms with Gasteiger partial charge in [-0.15, -0.1) is 0 Å². The molecular weight excluding hydrogens is 300 g/mol. The van der Waals surface area contributed by atoms with Crippen LogP contribution in [0, 0.1) is 11.8 Å². The summed E-state index contributed by atoms with van der Waals surface area (Å²) in [5.41, 5.74) is 3.27. The van der Waals surface area contributed by atoms with Crippen molar-refractivity contribution >= 4 is 5.78 Å². The number of carbonyl (C=O) groups is 1. The largest absolute Gasteiger partial charge is 0.488 e. The van der Waals surface area contributed by atoms with Crippen molar-refractivity contribution in [3.8, 4) is 0 Å². The van der Waals surface area contributed by atoms with E-state index in [0.29, 0.717) is 24.5 Å². The fourth-order valence-corrected chi connectivity index (χ4v) is 4.43. The molecule has 132 valence electrons. The average molecular weight is 330 g/mol. The fraction of sp³-hybridized carbons (Fsp3) is 0.667. The van der Waals surface area contributed by atoms with Crippen LogP contribution in [0.1, 0.15) is 66.2 Å². The summed E-state index contributed by atoms with van der Waals surface area (Å²) in [4.78, 5) is 12.3. The van der Waals surface area contributed by atoms with E-state index in [9.17, 15) is 9.90 Å². The second kappa shape index (κ2) is 6.51. The molecule has 24 heavy (non-hydrogen) atoms. The van der Waals surface area contributed by atoms with E-state index in [0.717, 1.165) is 31.3 Å². The third-order valence-corrected chi connectivity index (χ3v) is 5.94. The molecule has 1 heterocycles. The first-order chi connectivity index (χ1) is 11.3. The maximum atomic E-state index is 12.3. The molecule has 3 nitrogen and oxygen atoms in total. The molecular formula is C21H30O3. The summed E-state index contributed by atoms with van der Waals surface area (Å²) >= 11 is 0. The Labute approximate surface area is 145 Å². The van der Waals surface area contributed by atoms with Crippen molar-refractivity contribution in [2.45, 2.75) is 77.9 Å². The van der Waals surface area contributed by atoms with Crippen molar-refractivity contribution in [1.29, 1.82) is 0 Å². The molecule has 0 amide bonds. The predicted molar refractivity (Wildman–Crippen MR) is 95.4 cm³/mol. The zero-order valence-corrected chi connectivity index (χ0v) is 15.4. The van der Waals surface area contributed by atoms with Gasteiger partial charge < -0.3 is 9.84 Å². The Morgan fingerprint density at radius 1 is 1.50 bits per heavy atom. The minimum Gasteiger partial charge on any atom is -0.488 e. The quantitative estimate of drug-likeness (QED) is 0.774. The Balaban J connectivity index is 1.78. The molecule has 0 bridgehead atoms. The van der Waals surface area contributed by atoms with Crippen molar-refractivity contribution < 1.29 is 14.6 Å². The van der Waals surface area contributed by atoms with Gasteiger partial charge in [0.05, 0.1) is 0 Å². The SMILES string of the molecule is CC(C)=CCC[C@H](C)C1=CC[C@@]2(C)OC3=C(C[C@@H]12)C(=O)CC[C@H]3O. The molecule has 3 aliphatic rings. The van der Waals surface area contributed by atoms with Crippen molar-refractivity contribution in [1.82, 2.24) is 0 Å². The van der Waals surface area contributed by atoms with Gasteiger partial charge in [0.15, 0.2) is 5.78 Å². The number of aliphatic hydroxyl groups excluding tert-OH is 1. The molecule has 0 unspecified atom stereocenters. The molecule has 1 aliphatic heterocycles. The van der Waals surface area contributed by atoms with Crippen LogP contribution >= 0.6 is 0 Å². The van der Waals surface area contributed by atoms with Crippen LogP contribution in [-0.2, 0) is 9.53 Å². The number of rotatable bonds is 4. The van der Waals surface area contributed by atoms with E-state index in [1.807, 2.05) is 0 Å². The van der Waals surface area contributed by atoms with Gasteiger partial charge in [0.1, 0.15) is 17.5 Å². The summed E-state index contributed by atoms with van der Waals surface area (Å²) in [6, 6.07) is 0. The Hall–Kier alpha value is -1.35. The van der Waals surface area contributed by atoms with Crippen LogP contribution in [0.2, 0.25) is 0 Å². The highest BCUT2D eigenvalue weighted by Gasteiger charge is 2.50. The highest BCUT2D eigenvalue weighted by molar-refractivity contribution is 5.97. The molecule has 0 saturated heterocycles. The van der Waals surface area contributed by atoms with Gasteiger partial charge in [-0.2, -0.15) is 0 Å². The predicted octanol–water partition coefficient (Wildman–Crippen LogP) is 4.47. The van der Waals surface area contributed by atoms with Crippen LogP contribution in [0.5, 0.6) is 0 Å². The Kier molecular flexibility index (Phi) is 4.74. The number of aliphatic hydroxyl groups is 1. The van der Waals surface area contributed by atoms with E-state index in [-0.39, 0.29) is 17.3 Å². The topological polar surface area (TPSA) is 46.5 Å². The summed E-state index contributed by atoms with van der Waals surface area (Å²) in [5.74, 6) is 1.51. The molecule has 0 fully saturated rings. The number of fused-ring (bicyclic) bond motifs is 1. The van der Waals surface area contributed by atoms with Gasteiger partial charge in [0, 0.05) is 24.3 Å². The number of ether oxygens (including phenoxy) is 1. The highest BCUT2D eigenvalue weighted by Crippen LogP contribution is 2.51. The molecule has 0 radical (unpaired) electrons. The highest BCUT2D eigenvalue weighted by atomic mass is 16.5. The first-order valence-electron chi connectivity index (χ1n) is 9.28. The summed E-state index contributed by atoms with van der Waals surface area (Å²) in [7, 11) is 0. The smallest absolute Gasteiger partial charge is 0.162 e. The summed E-state index contributed by atoms with van der Waals surface area (Å²) in [6.07, 6.45) is 8.80. The molecule has 0 aromatic carbocycles. The number of Topliss-reactive ketones (excluding diaryl/α,β-unsaturated/α-hetero) is 1. The summed E-state index contributed by atoms with van der Waals surface area (Å²) in [5, 5.41) is 10.2. The van der Waals surface area contributed by atoms with Crippen molar-refractivity contribution in [2.75, 3.05) is 0 Å². The number of allylic oxidation sites excluding steroid dienone is 3. The molecule has 0 aromatic heterocycles. The second-order valence-corrected chi connectivity index (χ2v) is 8.16. The fourth-order valence-electron chi connectivity index (χ4n) is 4.43. The minimum absolute atomic E-state index is 0.167. The molecule has 3 heteroatoms. The zero-order valence-electron chi connectivity index (χ0n) is 15.4. The Morgan fingerprint density at radius 3 is 2.96 bits per heavy atom. The first kappa shape index (κ1) is 17.5. The zero-order chi connectivity index (χ0) is 17.5. The third kappa shape index (κ3) is 3.11. The molecule has 0 spiro atoms. The third-order valence-electron chi connectivity index (χ3n) is 5.94. The first-order valence-corrected chi connectivity index (χ1v) is 9.28. The van der Waals surface area contributed by atoms with Crippen LogP contribution in [0.25, 0.3) is 0 Å². The average Bonchev–Trinajstić information content (AvgIpc) is 2.86. The van der Waals surface area contributed by atoms with Gasteiger partial charge in [-0.05, 0) is 52.4 Å². The van der Waals surface area contributed by atoms with Crippen LogP contribution in [-0.4, -0.2) is 22.6 Å².